The van der Waals surface area contributed by atoms with Gasteiger partial charge in [0.05, 0.1) is 24.2 Å². The van der Waals surface area contributed by atoms with Gasteiger partial charge in [0, 0.05) is 29.3 Å². The summed E-state index contributed by atoms with van der Waals surface area (Å²) in [7, 11) is 0. The van der Waals surface area contributed by atoms with Crippen LogP contribution in [-0.4, -0.2) is 30.2 Å². The summed E-state index contributed by atoms with van der Waals surface area (Å²) in [6, 6.07) is 7.74. The molecular formula is C24H31NO4. The van der Waals surface area contributed by atoms with Gasteiger partial charge in [0.25, 0.3) is 0 Å². The summed E-state index contributed by atoms with van der Waals surface area (Å²) in [5, 5.41) is 0. The second kappa shape index (κ2) is 9.38. The molecule has 5 nitrogen and oxygen atoms in total. The van der Waals surface area contributed by atoms with E-state index in [4.69, 9.17) is 9.47 Å². The Kier molecular flexibility index (Phi) is 6.88. The SMILES string of the molecule is CCCCOc1ccccc1[C@H]1C(C(=O)OC(C)C)=C(C)N=C2CCCC(=O)C21. The van der Waals surface area contributed by atoms with Crippen LogP contribution in [0.15, 0.2) is 40.5 Å². The first-order chi connectivity index (χ1) is 13.9. The highest BCUT2D eigenvalue weighted by atomic mass is 16.5. The largest absolute Gasteiger partial charge is 0.493 e. The van der Waals surface area contributed by atoms with Crippen molar-refractivity contribution in [2.24, 2.45) is 10.9 Å². The number of aliphatic imine (C=N–C) groups is 1. The van der Waals surface area contributed by atoms with Gasteiger partial charge in [-0.15, -0.1) is 0 Å². The topological polar surface area (TPSA) is 65.0 Å². The number of ether oxygens (including phenoxy) is 2. The number of Topliss-reactive ketones (excluding diaryl/α,β-unsaturated/α-hetero) is 1. The zero-order valence-electron chi connectivity index (χ0n) is 17.9. The average Bonchev–Trinajstić information content (AvgIpc) is 2.67. The standard InChI is InChI=1S/C24H31NO4/c1-5-6-14-28-20-13-8-7-10-17(20)22-21(24(27)29-15(2)3)16(4)25-18-11-9-12-19(26)23(18)22/h7-8,10,13,15,22-23H,5-6,9,11-12,14H2,1-4H3/t22-,23?/m0/s1. The number of esters is 1. The molecule has 156 valence electrons. The summed E-state index contributed by atoms with van der Waals surface area (Å²) >= 11 is 0. The molecule has 1 aromatic rings. The summed E-state index contributed by atoms with van der Waals surface area (Å²) < 4.78 is 11.6. The summed E-state index contributed by atoms with van der Waals surface area (Å²) in [4.78, 5) is 30.7. The molecule has 1 aromatic carbocycles. The van der Waals surface area contributed by atoms with Crippen LogP contribution in [0.4, 0.5) is 0 Å². The Hall–Kier alpha value is -2.43. The van der Waals surface area contributed by atoms with E-state index in [9.17, 15) is 9.59 Å². The number of ketones is 1. The van der Waals surface area contributed by atoms with Gasteiger partial charge in [0.1, 0.15) is 11.5 Å². The highest BCUT2D eigenvalue weighted by molar-refractivity contribution is 6.11. The van der Waals surface area contributed by atoms with Crippen molar-refractivity contribution in [3.63, 3.8) is 0 Å². The highest BCUT2D eigenvalue weighted by Crippen LogP contribution is 2.45. The molecule has 0 radical (unpaired) electrons. The summed E-state index contributed by atoms with van der Waals surface area (Å²) in [5.41, 5.74) is 2.87. The third kappa shape index (κ3) is 4.60. The maximum Gasteiger partial charge on any atom is 0.336 e. The van der Waals surface area contributed by atoms with Crippen molar-refractivity contribution in [1.29, 1.82) is 0 Å². The van der Waals surface area contributed by atoms with Gasteiger partial charge in [-0.05, 0) is 46.1 Å². The van der Waals surface area contributed by atoms with Crippen molar-refractivity contribution in [3.05, 3.63) is 41.1 Å². The van der Waals surface area contributed by atoms with Gasteiger partial charge >= 0.3 is 5.97 Å². The van der Waals surface area contributed by atoms with Gasteiger partial charge < -0.3 is 9.47 Å². The monoisotopic (exact) mass is 397 g/mol. The molecule has 0 aromatic heterocycles. The fourth-order valence-corrected chi connectivity index (χ4v) is 4.19. The number of hydrogen-bond donors (Lipinski definition) is 0. The molecule has 2 atom stereocenters. The van der Waals surface area contributed by atoms with Crippen LogP contribution in [-0.2, 0) is 14.3 Å². The van der Waals surface area contributed by atoms with Crippen LogP contribution in [0.1, 0.15) is 71.3 Å². The number of benzene rings is 1. The average molecular weight is 398 g/mol. The summed E-state index contributed by atoms with van der Waals surface area (Å²) in [5.74, 6) is -0.358. The number of fused-ring (bicyclic) bond motifs is 1. The fourth-order valence-electron chi connectivity index (χ4n) is 4.19. The minimum atomic E-state index is -0.418. The molecule has 3 rings (SSSR count). The van der Waals surface area contributed by atoms with E-state index in [1.165, 1.54) is 0 Å². The molecule has 1 heterocycles. The van der Waals surface area contributed by atoms with Crippen molar-refractivity contribution in [2.45, 2.75) is 71.8 Å². The number of unbranched alkanes of at least 4 members (excludes halogenated alkanes) is 1. The van der Waals surface area contributed by atoms with Gasteiger partial charge in [-0.3, -0.25) is 9.79 Å². The quantitative estimate of drug-likeness (QED) is 0.480. The van der Waals surface area contributed by atoms with E-state index in [0.29, 0.717) is 24.3 Å². The Morgan fingerprint density at radius 2 is 1.97 bits per heavy atom. The molecule has 1 saturated carbocycles. The van der Waals surface area contributed by atoms with Crippen molar-refractivity contribution in [1.82, 2.24) is 0 Å². The molecule has 1 unspecified atom stereocenters. The molecule has 1 fully saturated rings. The molecule has 5 heteroatoms. The molecule has 0 amide bonds. The van der Waals surface area contributed by atoms with Crippen molar-refractivity contribution < 1.29 is 19.1 Å². The third-order valence-electron chi connectivity index (χ3n) is 5.48. The third-order valence-corrected chi connectivity index (χ3v) is 5.48. The lowest BCUT2D eigenvalue weighted by atomic mass is 9.69. The van der Waals surface area contributed by atoms with Crippen LogP contribution in [0.3, 0.4) is 0 Å². The molecule has 1 aliphatic carbocycles. The van der Waals surface area contributed by atoms with E-state index >= 15 is 0 Å². The van der Waals surface area contributed by atoms with Gasteiger partial charge in [0.15, 0.2) is 0 Å². The molecule has 2 aliphatic rings. The molecular weight excluding hydrogens is 366 g/mol. The molecule has 29 heavy (non-hydrogen) atoms. The van der Waals surface area contributed by atoms with Gasteiger partial charge in [-0.25, -0.2) is 4.79 Å². The number of nitrogens with zero attached hydrogens (tertiary/aromatic N) is 1. The first-order valence-corrected chi connectivity index (χ1v) is 10.7. The number of rotatable bonds is 7. The van der Waals surface area contributed by atoms with E-state index in [2.05, 4.69) is 11.9 Å². The number of carbonyl (C=O) groups excluding carboxylic acids is 2. The first kappa shape index (κ1) is 21.3. The lowest BCUT2D eigenvalue weighted by Gasteiger charge is -2.36. The Balaban J connectivity index is 2.10. The van der Waals surface area contributed by atoms with Crippen LogP contribution in [0.2, 0.25) is 0 Å². The predicted molar refractivity (Wildman–Crippen MR) is 113 cm³/mol. The first-order valence-electron chi connectivity index (χ1n) is 10.7. The number of carbonyl (C=O) groups is 2. The van der Waals surface area contributed by atoms with E-state index in [1.807, 2.05) is 45.0 Å². The van der Waals surface area contributed by atoms with E-state index in [1.54, 1.807) is 0 Å². The van der Waals surface area contributed by atoms with E-state index in [-0.39, 0.29) is 11.9 Å². The predicted octanol–water partition coefficient (Wildman–Crippen LogP) is 5.00. The van der Waals surface area contributed by atoms with Gasteiger partial charge in [-0.2, -0.15) is 0 Å². The second-order valence-corrected chi connectivity index (χ2v) is 8.07. The minimum absolute atomic E-state index is 0.144. The molecule has 0 N–H and O–H groups in total. The maximum atomic E-state index is 13.1. The normalized spacial score (nSPS) is 21.7. The Bertz CT molecular complexity index is 837. The van der Waals surface area contributed by atoms with E-state index < -0.39 is 17.8 Å². The highest BCUT2D eigenvalue weighted by Gasteiger charge is 2.44. The lowest BCUT2D eigenvalue weighted by molar-refractivity contribution is -0.143. The number of para-hydroxylation sites is 1. The Morgan fingerprint density at radius 1 is 1.21 bits per heavy atom. The van der Waals surface area contributed by atoms with Crippen LogP contribution >= 0.6 is 0 Å². The molecule has 1 aliphatic heterocycles. The van der Waals surface area contributed by atoms with E-state index in [0.717, 1.165) is 42.7 Å². The van der Waals surface area contributed by atoms with Crippen LogP contribution in [0.5, 0.6) is 5.75 Å². The Morgan fingerprint density at radius 3 is 2.69 bits per heavy atom. The van der Waals surface area contributed by atoms with Gasteiger partial charge in [0.2, 0.25) is 0 Å². The molecule has 0 saturated heterocycles. The number of hydrogen-bond acceptors (Lipinski definition) is 5. The van der Waals surface area contributed by atoms with Crippen LogP contribution < -0.4 is 4.74 Å². The zero-order chi connectivity index (χ0) is 21.0. The van der Waals surface area contributed by atoms with Crippen LogP contribution in [0, 0.1) is 5.92 Å². The van der Waals surface area contributed by atoms with Crippen molar-refractivity contribution >= 4 is 17.5 Å². The van der Waals surface area contributed by atoms with Crippen molar-refractivity contribution in [3.8, 4) is 5.75 Å². The fraction of sp³-hybridized carbons (Fsp3) is 0.542. The summed E-state index contributed by atoms with van der Waals surface area (Å²) in [6.45, 7) is 8.22. The summed E-state index contributed by atoms with van der Waals surface area (Å²) in [6.07, 6.45) is 3.86. The molecule has 0 spiro atoms. The lowest BCUT2D eigenvalue weighted by Crippen LogP contribution is -2.39. The zero-order valence-corrected chi connectivity index (χ0v) is 17.9. The second-order valence-electron chi connectivity index (χ2n) is 8.07. The maximum absolute atomic E-state index is 13.1. The smallest absolute Gasteiger partial charge is 0.336 e. The Labute approximate surface area is 173 Å². The minimum Gasteiger partial charge on any atom is -0.493 e. The molecule has 0 bridgehead atoms. The van der Waals surface area contributed by atoms with Crippen molar-refractivity contribution in [2.75, 3.05) is 6.61 Å². The number of allylic oxidation sites excluding steroid dienone is 1. The van der Waals surface area contributed by atoms with Gasteiger partial charge in [-0.1, -0.05) is 31.5 Å². The van der Waals surface area contributed by atoms with Crippen LogP contribution in [0.25, 0.3) is 0 Å².